The molecule has 0 bridgehead atoms. The number of nitrogens with one attached hydrogen (secondary N) is 1. The molecule has 0 saturated heterocycles. The van der Waals surface area contributed by atoms with Crippen molar-refractivity contribution < 1.29 is 23.1 Å². The zero-order valence-electron chi connectivity index (χ0n) is 11.5. The van der Waals surface area contributed by atoms with E-state index in [1.807, 2.05) is 13.8 Å². The summed E-state index contributed by atoms with van der Waals surface area (Å²) in [5, 5.41) is 8.53. The summed E-state index contributed by atoms with van der Waals surface area (Å²) in [5.74, 6) is -0.882. The van der Waals surface area contributed by atoms with E-state index in [-0.39, 0.29) is 0 Å². The van der Waals surface area contributed by atoms with Crippen molar-refractivity contribution in [2.24, 2.45) is 5.92 Å². The minimum absolute atomic E-state index is 0.312. The zero-order chi connectivity index (χ0) is 15.2. The topological polar surface area (TPSA) is 92.7 Å². The minimum atomic E-state index is -3.70. The molecular formula is C13H19NO5S. The van der Waals surface area contributed by atoms with Crippen LogP contribution in [0.1, 0.15) is 20.3 Å². The Balaban J connectivity index is 2.78. The smallest absolute Gasteiger partial charge is 0.304 e. The Kier molecular flexibility index (Phi) is 5.82. The molecule has 0 aliphatic carbocycles. The third-order valence-corrected chi connectivity index (χ3v) is 3.58. The second kappa shape index (κ2) is 7.14. The van der Waals surface area contributed by atoms with E-state index in [9.17, 15) is 13.2 Å². The minimum Gasteiger partial charge on any atom is -0.491 e. The van der Waals surface area contributed by atoms with Crippen molar-refractivity contribution in [2.45, 2.75) is 20.3 Å². The molecule has 7 heteroatoms. The van der Waals surface area contributed by atoms with Gasteiger partial charge in [-0.3, -0.25) is 9.52 Å². The number of carboxylic acid groups (broad SMARTS) is 1. The van der Waals surface area contributed by atoms with Crippen LogP contribution in [0.5, 0.6) is 5.75 Å². The van der Waals surface area contributed by atoms with Crippen molar-refractivity contribution in [3.63, 3.8) is 0 Å². The average Bonchev–Trinajstić information content (AvgIpc) is 2.35. The van der Waals surface area contributed by atoms with Crippen LogP contribution in [0.3, 0.4) is 0 Å². The Morgan fingerprint density at radius 2 is 2.00 bits per heavy atom. The number of sulfonamides is 1. The van der Waals surface area contributed by atoms with Crippen molar-refractivity contribution in [3.8, 4) is 5.75 Å². The number of aliphatic carboxylic acids is 1. The molecule has 0 aliphatic heterocycles. The number of para-hydroxylation sites is 2. The van der Waals surface area contributed by atoms with Crippen LogP contribution < -0.4 is 9.46 Å². The lowest BCUT2D eigenvalue weighted by molar-refractivity contribution is -0.136. The largest absolute Gasteiger partial charge is 0.491 e. The highest BCUT2D eigenvalue weighted by Crippen LogP contribution is 2.25. The van der Waals surface area contributed by atoms with Crippen molar-refractivity contribution in [1.29, 1.82) is 0 Å². The van der Waals surface area contributed by atoms with Crippen LogP contribution in [0.25, 0.3) is 0 Å². The van der Waals surface area contributed by atoms with Crippen LogP contribution in [0, 0.1) is 5.92 Å². The van der Waals surface area contributed by atoms with Gasteiger partial charge in [-0.05, 0) is 18.1 Å². The van der Waals surface area contributed by atoms with Gasteiger partial charge in [0.05, 0.1) is 24.5 Å². The zero-order valence-corrected chi connectivity index (χ0v) is 12.3. The lowest BCUT2D eigenvalue weighted by Crippen LogP contribution is -2.19. The van der Waals surface area contributed by atoms with Crippen molar-refractivity contribution >= 4 is 21.7 Å². The molecule has 0 atom stereocenters. The van der Waals surface area contributed by atoms with Crippen LogP contribution in [0.2, 0.25) is 0 Å². The number of carboxylic acids is 1. The number of carbonyl (C=O) groups is 1. The normalized spacial score (nSPS) is 11.3. The van der Waals surface area contributed by atoms with Gasteiger partial charge in [0.1, 0.15) is 5.75 Å². The van der Waals surface area contributed by atoms with E-state index in [1.54, 1.807) is 24.3 Å². The van der Waals surface area contributed by atoms with Gasteiger partial charge in [-0.25, -0.2) is 8.42 Å². The van der Waals surface area contributed by atoms with Crippen molar-refractivity contribution in [2.75, 3.05) is 17.1 Å². The van der Waals surface area contributed by atoms with Crippen LogP contribution in [0.4, 0.5) is 5.69 Å². The predicted octanol–water partition coefficient (Wildman–Crippen LogP) is 1.94. The first-order valence-electron chi connectivity index (χ1n) is 6.24. The molecule has 0 saturated carbocycles. The lowest BCUT2D eigenvalue weighted by Gasteiger charge is -2.14. The monoisotopic (exact) mass is 301 g/mol. The molecule has 0 radical (unpaired) electrons. The first-order chi connectivity index (χ1) is 9.30. The number of rotatable bonds is 8. The van der Waals surface area contributed by atoms with E-state index in [0.29, 0.717) is 24.0 Å². The Morgan fingerprint density at radius 1 is 1.35 bits per heavy atom. The number of hydrogen-bond acceptors (Lipinski definition) is 4. The maximum atomic E-state index is 11.8. The Bertz CT molecular complexity index is 554. The van der Waals surface area contributed by atoms with Crippen LogP contribution in [-0.4, -0.2) is 31.9 Å². The van der Waals surface area contributed by atoms with Crippen molar-refractivity contribution in [3.05, 3.63) is 24.3 Å². The maximum Gasteiger partial charge on any atom is 0.304 e. The standard InChI is InChI=1S/C13H19NO5S/c1-10(2)9-19-12-6-4-3-5-11(12)14-20(17,18)8-7-13(15)16/h3-6,10,14H,7-9H2,1-2H3,(H,15,16). The second-order valence-corrected chi connectivity index (χ2v) is 6.61. The number of hydrogen-bond donors (Lipinski definition) is 2. The molecule has 0 amide bonds. The molecule has 0 aromatic heterocycles. The molecule has 2 N–H and O–H groups in total. The molecule has 6 nitrogen and oxygen atoms in total. The summed E-state index contributed by atoms with van der Waals surface area (Å²) >= 11 is 0. The molecule has 0 unspecified atom stereocenters. The van der Waals surface area contributed by atoms with E-state index >= 15 is 0 Å². The van der Waals surface area contributed by atoms with Crippen molar-refractivity contribution in [1.82, 2.24) is 0 Å². The maximum absolute atomic E-state index is 11.8. The summed E-state index contributed by atoms with van der Waals surface area (Å²) < 4.78 is 31.4. The van der Waals surface area contributed by atoms with E-state index in [2.05, 4.69) is 4.72 Å². The van der Waals surface area contributed by atoms with Gasteiger partial charge in [0.25, 0.3) is 0 Å². The van der Waals surface area contributed by atoms with Crippen LogP contribution in [0.15, 0.2) is 24.3 Å². The molecule has 0 fully saturated rings. The fraction of sp³-hybridized carbons (Fsp3) is 0.462. The van der Waals surface area contributed by atoms with E-state index in [4.69, 9.17) is 9.84 Å². The third-order valence-electron chi connectivity index (χ3n) is 2.31. The summed E-state index contributed by atoms with van der Waals surface area (Å²) in [5.41, 5.74) is 0.318. The first kappa shape index (κ1) is 16.3. The first-order valence-corrected chi connectivity index (χ1v) is 7.89. The van der Waals surface area contributed by atoms with Gasteiger partial charge in [-0.1, -0.05) is 26.0 Å². The Hall–Kier alpha value is -1.76. The highest BCUT2D eigenvalue weighted by molar-refractivity contribution is 7.92. The van der Waals surface area contributed by atoms with Gasteiger partial charge < -0.3 is 9.84 Å². The molecule has 0 aliphatic rings. The van der Waals surface area contributed by atoms with Gasteiger partial charge >= 0.3 is 5.97 Å². The Morgan fingerprint density at radius 3 is 2.60 bits per heavy atom. The van der Waals surface area contributed by atoms with Crippen LogP contribution >= 0.6 is 0 Å². The second-order valence-electron chi connectivity index (χ2n) is 4.77. The summed E-state index contributed by atoms with van der Waals surface area (Å²) in [6.07, 6.45) is -0.440. The molecule has 112 valence electrons. The summed E-state index contributed by atoms with van der Waals surface area (Å²) in [4.78, 5) is 10.4. The van der Waals surface area contributed by atoms with Gasteiger partial charge in [-0.15, -0.1) is 0 Å². The number of ether oxygens (including phenoxy) is 1. The van der Waals surface area contributed by atoms with E-state index in [0.717, 1.165) is 0 Å². The molecule has 1 aromatic rings. The van der Waals surface area contributed by atoms with E-state index in [1.165, 1.54) is 0 Å². The van der Waals surface area contributed by atoms with Gasteiger partial charge in [0, 0.05) is 0 Å². The number of benzene rings is 1. The molecule has 1 aromatic carbocycles. The van der Waals surface area contributed by atoms with Crippen LogP contribution in [-0.2, 0) is 14.8 Å². The summed E-state index contributed by atoms with van der Waals surface area (Å²) in [6, 6.07) is 6.66. The third kappa shape index (κ3) is 5.92. The lowest BCUT2D eigenvalue weighted by atomic mass is 10.2. The SMILES string of the molecule is CC(C)COc1ccccc1NS(=O)(=O)CCC(=O)O. The molecule has 1 rings (SSSR count). The summed E-state index contributed by atoms with van der Waals surface area (Å²) in [6.45, 7) is 4.44. The fourth-order valence-electron chi connectivity index (χ4n) is 1.37. The fourth-order valence-corrected chi connectivity index (χ4v) is 2.42. The average molecular weight is 301 g/mol. The molecule has 20 heavy (non-hydrogen) atoms. The quantitative estimate of drug-likeness (QED) is 0.765. The molecular weight excluding hydrogens is 282 g/mol. The Labute approximate surface area is 118 Å². The van der Waals surface area contributed by atoms with Gasteiger partial charge in [0.15, 0.2) is 0 Å². The highest BCUT2D eigenvalue weighted by Gasteiger charge is 2.15. The predicted molar refractivity (Wildman–Crippen MR) is 76.4 cm³/mol. The van der Waals surface area contributed by atoms with Gasteiger partial charge in [0.2, 0.25) is 10.0 Å². The molecule has 0 heterocycles. The summed E-state index contributed by atoms with van der Waals surface area (Å²) in [7, 11) is -3.70. The van der Waals surface area contributed by atoms with E-state index < -0.39 is 28.2 Å². The highest BCUT2D eigenvalue weighted by atomic mass is 32.2. The van der Waals surface area contributed by atoms with Gasteiger partial charge in [-0.2, -0.15) is 0 Å². The molecule has 0 spiro atoms. The number of anilines is 1.